The quantitative estimate of drug-likeness (QED) is 0.916. The van der Waals surface area contributed by atoms with Gasteiger partial charge in [0.15, 0.2) is 0 Å². The number of hydrogen-bond acceptors (Lipinski definition) is 2. The van der Waals surface area contributed by atoms with Crippen molar-refractivity contribution in [3.8, 4) is 0 Å². The molecule has 1 heterocycles. The van der Waals surface area contributed by atoms with Gasteiger partial charge in [-0.05, 0) is 30.2 Å². The lowest BCUT2D eigenvalue weighted by Gasteiger charge is -2.19. The highest BCUT2D eigenvalue weighted by molar-refractivity contribution is 5.43. The van der Waals surface area contributed by atoms with E-state index in [0.717, 1.165) is 17.7 Å². The van der Waals surface area contributed by atoms with E-state index in [1.807, 2.05) is 0 Å². The smallest absolute Gasteiger partial charge is 0.250 e. The van der Waals surface area contributed by atoms with Gasteiger partial charge in [-0.25, -0.2) is 4.39 Å². The molecule has 1 aromatic carbocycles. The molecule has 100 valence electrons. The highest BCUT2D eigenvalue weighted by Crippen LogP contribution is 2.22. The number of hydrogen-bond donors (Lipinski definition) is 1. The first-order valence-electron chi connectivity index (χ1n) is 6.29. The summed E-state index contributed by atoms with van der Waals surface area (Å²) in [6.45, 7) is 2.06. The van der Waals surface area contributed by atoms with Crippen LogP contribution in [-0.4, -0.2) is 4.57 Å². The van der Waals surface area contributed by atoms with Crippen LogP contribution in [0.5, 0.6) is 0 Å². The number of nitrogens with zero attached hydrogens (tertiary/aromatic N) is 1. The van der Waals surface area contributed by atoms with Crippen LogP contribution in [0.3, 0.4) is 0 Å². The number of pyridine rings is 1. The molecular weight excluding hydrogens is 243 g/mol. The first-order valence-corrected chi connectivity index (χ1v) is 6.29. The van der Waals surface area contributed by atoms with E-state index < -0.39 is 0 Å². The fourth-order valence-electron chi connectivity index (χ4n) is 2.00. The normalized spacial score (nSPS) is 12.2. The molecule has 19 heavy (non-hydrogen) atoms. The first kappa shape index (κ1) is 13.3. The zero-order valence-corrected chi connectivity index (χ0v) is 11.1. The second-order valence-corrected chi connectivity index (χ2v) is 4.52. The molecule has 0 aliphatic heterocycles. The van der Waals surface area contributed by atoms with Crippen molar-refractivity contribution in [3.63, 3.8) is 0 Å². The minimum Gasteiger partial charge on any atom is -0.377 e. The SMILES string of the molecule is CCC(Nc1ccc(=O)n(C)c1)c1ccc(F)cc1. The van der Waals surface area contributed by atoms with Crippen molar-refractivity contribution in [2.45, 2.75) is 19.4 Å². The third kappa shape index (κ3) is 3.22. The third-order valence-electron chi connectivity index (χ3n) is 3.11. The lowest BCUT2D eigenvalue weighted by atomic mass is 10.0. The van der Waals surface area contributed by atoms with Crippen molar-refractivity contribution in [1.29, 1.82) is 0 Å². The highest BCUT2D eigenvalue weighted by Gasteiger charge is 2.09. The lowest BCUT2D eigenvalue weighted by molar-refractivity contribution is 0.625. The summed E-state index contributed by atoms with van der Waals surface area (Å²) < 4.78 is 14.4. The van der Waals surface area contributed by atoms with Crippen LogP contribution in [0.2, 0.25) is 0 Å². The van der Waals surface area contributed by atoms with Crippen LogP contribution >= 0.6 is 0 Å². The predicted octanol–water partition coefficient (Wildman–Crippen LogP) is 3.09. The van der Waals surface area contributed by atoms with Crippen molar-refractivity contribution in [2.24, 2.45) is 7.05 Å². The molecule has 1 atom stereocenters. The second-order valence-electron chi connectivity index (χ2n) is 4.52. The molecular formula is C15H17FN2O. The summed E-state index contributed by atoms with van der Waals surface area (Å²) in [7, 11) is 1.71. The lowest BCUT2D eigenvalue weighted by Crippen LogP contribution is -2.17. The number of halogens is 1. The molecule has 0 radical (unpaired) electrons. The summed E-state index contributed by atoms with van der Waals surface area (Å²) in [5, 5.41) is 3.35. The molecule has 0 aliphatic rings. The Morgan fingerprint density at radius 1 is 1.21 bits per heavy atom. The monoisotopic (exact) mass is 260 g/mol. The number of rotatable bonds is 4. The summed E-state index contributed by atoms with van der Waals surface area (Å²) in [4.78, 5) is 11.3. The summed E-state index contributed by atoms with van der Waals surface area (Å²) in [6, 6.07) is 9.85. The van der Waals surface area contributed by atoms with E-state index in [0.29, 0.717) is 0 Å². The van der Waals surface area contributed by atoms with Gasteiger partial charge in [0.2, 0.25) is 5.56 Å². The predicted molar refractivity (Wildman–Crippen MR) is 74.7 cm³/mol. The molecule has 0 aliphatic carbocycles. The molecule has 0 saturated carbocycles. The van der Waals surface area contributed by atoms with Crippen molar-refractivity contribution in [2.75, 3.05) is 5.32 Å². The van der Waals surface area contributed by atoms with Gasteiger partial charge in [0.1, 0.15) is 5.82 Å². The molecule has 1 unspecified atom stereocenters. The average Bonchev–Trinajstić information content (AvgIpc) is 2.41. The van der Waals surface area contributed by atoms with Crippen LogP contribution in [0.25, 0.3) is 0 Å². The van der Waals surface area contributed by atoms with E-state index in [2.05, 4.69) is 12.2 Å². The Labute approximate surface area is 111 Å². The zero-order chi connectivity index (χ0) is 13.8. The summed E-state index contributed by atoms with van der Waals surface area (Å²) >= 11 is 0. The fourth-order valence-corrected chi connectivity index (χ4v) is 2.00. The molecule has 0 spiro atoms. The van der Waals surface area contributed by atoms with Gasteiger partial charge in [0, 0.05) is 19.3 Å². The largest absolute Gasteiger partial charge is 0.377 e. The van der Waals surface area contributed by atoms with E-state index in [9.17, 15) is 9.18 Å². The van der Waals surface area contributed by atoms with Crippen LogP contribution in [-0.2, 0) is 7.05 Å². The summed E-state index contributed by atoms with van der Waals surface area (Å²) in [5.41, 5.74) is 1.86. The average molecular weight is 260 g/mol. The molecule has 1 N–H and O–H groups in total. The fraction of sp³-hybridized carbons (Fsp3) is 0.267. The van der Waals surface area contributed by atoms with Crippen molar-refractivity contribution in [3.05, 3.63) is 64.3 Å². The molecule has 2 aromatic rings. The van der Waals surface area contributed by atoms with Gasteiger partial charge in [-0.3, -0.25) is 4.79 Å². The van der Waals surface area contributed by atoms with E-state index in [1.54, 1.807) is 31.4 Å². The zero-order valence-electron chi connectivity index (χ0n) is 11.1. The number of anilines is 1. The Bertz CT molecular complexity index is 604. The maximum atomic E-state index is 12.9. The van der Waals surface area contributed by atoms with Gasteiger partial charge in [-0.1, -0.05) is 19.1 Å². The van der Waals surface area contributed by atoms with Crippen molar-refractivity contribution in [1.82, 2.24) is 4.57 Å². The number of benzene rings is 1. The molecule has 0 bridgehead atoms. The molecule has 1 aromatic heterocycles. The van der Waals surface area contributed by atoms with Crippen LogP contribution in [0.1, 0.15) is 24.9 Å². The maximum Gasteiger partial charge on any atom is 0.250 e. The molecule has 0 amide bonds. The minimum atomic E-state index is -0.235. The number of aromatic nitrogens is 1. The van der Waals surface area contributed by atoms with Gasteiger partial charge < -0.3 is 9.88 Å². The van der Waals surface area contributed by atoms with Gasteiger partial charge >= 0.3 is 0 Å². The topological polar surface area (TPSA) is 34.0 Å². The molecule has 0 saturated heterocycles. The second kappa shape index (κ2) is 5.69. The Kier molecular flexibility index (Phi) is 4.00. The molecule has 2 rings (SSSR count). The molecule has 0 fully saturated rings. The Balaban J connectivity index is 2.21. The van der Waals surface area contributed by atoms with Gasteiger partial charge in [-0.2, -0.15) is 0 Å². The Morgan fingerprint density at radius 2 is 1.89 bits per heavy atom. The van der Waals surface area contributed by atoms with Crippen LogP contribution in [0.15, 0.2) is 47.4 Å². The standard InChI is InChI=1S/C15H17FN2O/c1-3-14(11-4-6-12(16)7-5-11)17-13-8-9-15(19)18(2)10-13/h4-10,14,17H,3H2,1-2H3. The summed E-state index contributed by atoms with van der Waals surface area (Å²) in [5.74, 6) is -0.235. The number of aryl methyl sites for hydroxylation is 1. The van der Waals surface area contributed by atoms with Crippen LogP contribution in [0.4, 0.5) is 10.1 Å². The van der Waals surface area contributed by atoms with Crippen molar-refractivity contribution >= 4 is 5.69 Å². The van der Waals surface area contributed by atoms with E-state index in [-0.39, 0.29) is 17.4 Å². The Hall–Kier alpha value is -2.10. The summed E-state index contributed by atoms with van der Waals surface area (Å²) in [6.07, 6.45) is 2.63. The van der Waals surface area contributed by atoms with E-state index >= 15 is 0 Å². The van der Waals surface area contributed by atoms with Crippen LogP contribution in [0, 0.1) is 5.82 Å². The number of nitrogens with one attached hydrogen (secondary N) is 1. The van der Waals surface area contributed by atoms with Gasteiger partial charge in [0.25, 0.3) is 0 Å². The van der Waals surface area contributed by atoms with Gasteiger partial charge in [-0.15, -0.1) is 0 Å². The first-order chi connectivity index (χ1) is 9.10. The Morgan fingerprint density at radius 3 is 2.47 bits per heavy atom. The van der Waals surface area contributed by atoms with Gasteiger partial charge in [0.05, 0.1) is 11.7 Å². The third-order valence-corrected chi connectivity index (χ3v) is 3.11. The maximum absolute atomic E-state index is 12.9. The highest BCUT2D eigenvalue weighted by atomic mass is 19.1. The molecule has 4 heteroatoms. The van der Waals surface area contributed by atoms with E-state index in [4.69, 9.17) is 0 Å². The van der Waals surface area contributed by atoms with Crippen LogP contribution < -0.4 is 10.9 Å². The van der Waals surface area contributed by atoms with E-state index in [1.165, 1.54) is 22.8 Å². The van der Waals surface area contributed by atoms with Crippen molar-refractivity contribution < 1.29 is 4.39 Å². The minimum absolute atomic E-state index is 0.0413. The molecule has 3 nitrogen and oxygen atoms in total.